The Morgan fingerprint density at radius 2 is 2.38 bits per heavy atom. The third-order valence-electron chi connectivity index (χ3n) is 0.784. The van der Waals surface area contributed by atoms with E-state index in [0.717, 1.165) is 19.3 Å². The maximum atomic E-state index is 9.61. The highest BCUT2D eigenvalue weighted by Gasteiger charge is 1.81. The summed E-state index contributed by atoms with van der Waals surface area (Å²) in [7, 11) is 0. The molecular weight excluding hydrogens is 102 g/mol. The van der Waals surface area contributed by atoms with Crippen molar-refractivity contribution < 1.29 is 4.79 Å². The molecule has 2 nitrogen and oxygen atoms in total. The number of rotatable bonds is 5. The van der Waals surface area contributed by atoms with Gasteiger partial charge in [0.25, 0.3) is 0 Å². The highest BCUT2D eigenvalue weighted by atomic mass is 16.1. The minimum absolute atomic E-state index is 0.670. The first-order chi connectivity index (χ1) is 3.91. The van der Waals surface area contributed by atoms with Gasteiger partial charge in [0.15, 0.2) is 0 Å². The average molecular weight is 113 g/mol. The molecule has 0 unspecified atom stereocenters. The maximum Gasteiger partial charge on any atom is 0.207 e. The third-order valence-corrected chi connectivity index (χ3v) is 0.784. The van der Waals surface area contributed by atoms with Gasteiger partial charge >= 0.3 is 0 Å². The van der Waals surface area contributed by atoms with Crippen molar-refractivity contribution in [3.63, 3.8) is 0 Å². The highest BCUT2D eigenvalue weighted by molar-refractivity contribution is 5.46. The highest BCUT2D eigenvalue weighted by Crippen LogP contribution is 1.92. The van der Waals surface area contributed by atoms with Crippen LogP contribution >= 0.6 is 0 Å². The van der Waals surface area contributed by atoms with Crippen LogP contribution in [-0.2, 0) is 4.79 Å². The standard InChI is InChI=1S/C6H11NO/c1-2-3-4-5-7-6-8/h5-6H,1-4H2,(H,7,8). The number of carbonyl (C=O) groups is 1. The molecule has 0 saturated carbocycles. The molecule has 0 heterocycles. The molecule has 0 aliphatic rings. The number of amides is 1. The van der Waals surface area contributed by atoms with E-state index in [1.807, 2.05) is 0 Å². The molecule has 8 heavy (non-hydrogen) atoms. The van der Waals surface area contributed by atoms with Crippen LogP contribution in [0.3, 0.4) is 0 Å². The molecule has 2 radical (unpaired) electrons. The summed E-state index contributed by atoms with van der Waals surface area (Å²) in [5.41, 5.74) is 0. The van der Waals surface area contributed by atoms with Crippen molar-refractivity contribution >= 4 is 6.41 Å². The van der Waals surface area contributed by atoms with Crippen LogP contribution in [0.1, 0.15) is 19.3 Å². The van der Waals surface area contributed by atoms with Crippen LogP contribution in [0.15, 0.2) is 0 Å². The summed E-state index contributed by atoms with van der Waals surface area (Å²) in [6.45, 7) is 5.38. The van der Waals surface area contributed by atoms with Gasteiger partial charge in [0, 0.05) is 6.54 Å². The van der Waals surface area contributed by atoms with E-state index < -0.39 is 0 Å². The van der Waals surface area contributed by atoms with E-state index in [2.05, 4.69) is 12.2 Å². The largest absolute Gasteiger partial charge is 0.354 e. The van der Waals surface area contributed by atoms with E-state index >= 15 is 0 Å². The van der Waals surface area contributed by atoms with Crippen molar-refractivity contribution in [3.8, 4) is 0 Å². The Morgan fingerprint density at radius 1 is 1.62 bits per heavy atom. The first-order valence-corrected chi connectivity index (χ1v) is 2.72. The topological polar surface area (TPSA) is 29.1 Å². The predicted octanol–water partition coefficient (Wildman–Crippen LogP) is 0.899. The quantitative estimate of drug-likeness (QED) is 0.416. The smallest absolute Gasteiger partial charge is 0.207 e. The van der Waals surface area contributed by atoms with Crippen LogP contribution in [-0.4, -0.2) is 6.41 Å². The summed E-state index contributed by atoms with van der Waals surface area (Å²) in [5, 5.41) is 2.45. The van der Waals surface area contributed by atoms with Crippen molar-refractivity contribution in [3.05, 3.63) is 13.5 Å². The molecule has 0 aliphatic heterocycles. The van der Waals surface area contributed by atoms with Crippen molar-refractivity contribution in [2.75, 3.05) is 0 Å². The summed E-state index contributed by atoms with van der Waals surface area (Å²) in [6.07, 6.45) is 3.56. The van der Waals surface area contributed by atoms with Crippen molar-refractivity contribution in [2.45, 2.75) is 19.3 Å². The van der Waals surface area contributed by atoms with E-state index in [1.54, 1.807) is 6.54 Å². The molecule has 0 aromatic rings. The Hall–Kier alpha value is -0.530. The molecule has 46 valence electrons. The first-order valence-electron chi connectivity index (χ1n) is 2.72. The van der Waals surface area contributed by atoms with Gasteiger partial charge in [-0.1, -0.05) is 19.8 Å². The predicted molar refractivity (Wildman–Crippen MR) is 32.7 cm³/mol. The maximum absolute atomic E-state index is 9.61. The van der Waals surface area contributed by atoms with Gasteiger partial charge in [-0.3, -0.25) is 4.79 Å². The molecule has 0 aliphatic carbocycles. The summed E-state index contributed by atoms with van der Waals surface area (Å²) in [6, 6.07) is 0. The lowest BCUT2D eigenvalue weighted by Crippen LogP contribution is -2.05. The lowest BCUT2D eigenvalue weighted by molar-refractivity contribution is -0.109. The van der Waals surface area contributed by atoms with Crippen molar-refractivity contribution in [1.29, 1.82) is 0 Å². The van der Waals surface area contributed by atoms with E-state index in [1.165, 1.54) is 0 Å². The zero-order valence-corrected chi connectivity index (χ0v) is 4.89. The summed E-state index contributed by atoms with van der Waals surface area (Å²) in [5.74, 6) is 0. The van der Waals surface area contributed by atoms with Crippen LogP contribution < -0.4 is 5.32 Å². The van der Waals surface area contributed by atoms with Gasteiger partial charge in [-0.25, -0.2) is 0 Å². The van der Waals surface area contributed by atoms with Gasteiger partial charge in [0.1, 0.15) is 0 Å². The molecule has 0 spiro atoms. The Morgan fingerprint density at radius 3 is 2.88 bits per heavy atom. The second-order valence-electron chi connectivity index (χ2n) is 1.48. The SMILES string of the molecule is [CH2]CCC[CH]NC=O. The minimum Gasteiger partial charge on any atom is -0.354 e. The minimum atomic E-state index is 0.670. The number of hydrogen-bond donors (Lipinski definition) is 1. The van der Waals surface area contributed by atoms with E-state index in [-0.39, 0.29) is 0 Å². The Kier molecular flexibility index (Phi) is 6.04. The normalized spacial score (nSPS) is 8.62. The van der Waals surface area contributed by atoms with Gasteiger partial charge in [0.2, 0.25) is 6.41 Å². The summed E-state index contributed by atoms with van der Waals surface area (Å²) >= 11 is 0. The molecule has 0 atom stereocenters. The Bertz CT molecular complexity index is 54.5. The molecule has 2 heteroatoms. The fourth-order valence-electron chi connectivity index (χ4n) is 0.378. The van der Waals surface area contributed by atoms with Gasteiger partial charge in [0.05, 0.1) is 0 Å². The van der Waals surface area contributed by atoms with E-state index in [0.29, 0.717) is 6.41 Å². The molecule has 0 saturated heterocycles. The van der Waals surface area contributed by atoms with Crippen LogP contribution in [0.2, 0.25) is 0 Å². The molecule has 0 aromatic heterocycles. The first kappa shape index (κ1) is 7.47. The zero-order valence-electron chi connectivity index (χ0n) is 4.89. The molecule has 0 aromatic carbocycles. The van der Waals surface area contributed by atoms with Crippen LogP contribution in [0.5, 0.6) is 0 Å². The molecule has 0 bridgehead atoms. The van der Waals surface area contributed by atoms with Crippen LogP contribution in [0.25, 0.3) is 0 Å². The fourth-order valence-corrected chi connectivity index (χ4v) is 0.378. The number of unbranched alkanes of at least 4 members (excludes halogenated alkanes) is 2. The monoisotopic (exact) mass is 113 g/mol. The summed E-state index contributed by atoms with van der Waals surface area (Å²) < 4.78 is 0. The molecule has 1 N–H and O–H groups in total. The van der Waals surface area contributed by atoms with E-state index in [9.17, 15) is 4.79 Å². The lowest BCUT2D eigenvalue weighted by Gasteiger charge is -1.92. The van der Waals surface area contributed by atoms with Crippen LogP contribution in [0, 0.1) is 13.5 Å². The molecule has 0 rings (SSSR count). The number of hydrogen-bond acceptors (Lipinski definition) is 1. The van der Waals surface area contributed by atoms with Gasteiger partial charge in [-0.15, -0.1) is 0 Å². The number of carbonyl (C=O) groups excluding carboxylic acids is 1. The molecule has 0 fully saturated rings. The molecular formula is C6H11NO. The van der Waals surface area contributed by atoms with Crippen molar-refractivity contribution in [1.82, 2.24) is 5.32 Å². The van der Waals surface area contributed by atoms with Crippen LogP contribution in [0.4, 0.5) is 0 Å². The fraction of sp³-hybridized carbons (Fsp3) is 0.500. The zero-order chi connectivity index (χ0) is 6.24. The lowest BCUT2D eigenvalue weighted by atomic mass is 10.2. The van der Waals surface area contributed by atoms with Gasteiger partial charge in [-0.2, -0.15) is 0 Å². The third kappa shape index (κ3) is 5.47. The molecule has 1 amide bonds. The van der Waals surface area contributed by atoms with Gasteiger partial charge in [-0.05, 0) is 6.42 Å². The Labute approximate surface area is 50.3 Å². The average Bonchev–Trinajstić information content (AvgIpc) is 1.81. The van der Waals surface area contributed by atoms with Crippen molar-refractivity contribution in [2.24, 2.45) is 0 Å². The number of nitrogens with one attached hydrogen (secondary N) is 1. The Balaban J connectivity index is 2.62. The summed E-state index contributed by atoms with van der Waals surface area (Å²) in [4.78, 5) is 9.61. The second kappa shape index (κ2) is 6.47. The second-order valence-corrected chi connectivity index (χ2v) is 1.48. The van der Waals surface area contributed by atoms with E-state index in [4.69, 9.17) is 0 Å². The van der Waals surface area contributed by atoms with Gasteiger partial charge < -0.3 is 5.32 Å².